The zero-order valence-electron chi connectivity index (χ0n) is 6.69. The minimum absolute atomic E-state index is 0.229. The number of aliphatic imine (C=N–C) groups is 1. The van der Waals surface area contributed by atoms with Gasteiger partial charge < -0.3 is 10.2 Å². The largest absolute Gasteiger partial charge is 0.394 e. The van der Waals surface area contributed by atoms with Gasteiger partial charge in [0.2, 0.25) is 0 Å². The molecule has 6 heteroatoms. The molecule has 0 unspecified atom stereocenters. The molecule has 0 rings (SSSR count). The molecule has 0 spiro atoms. The van der Waals surface area contributed by atoms with E-state index >= 15 is 0 Å². The van der Waals surface area contributed by atoms with Crippen molar-refractivity contribution in [2.45, 2.75) is 6.04 Å². The van der Waals surface area contributed by atoms with Crippen LogP contribution in [-0.4, -0.2) is 40.9 Å². The number of aliphatic hydroxyl groups excluding tert-OH is 2. The van der Waals surface area contributed by atoms with Gasteiger partial charge in [0.1, 0.15) is 0 Å². The highest BCUT2D eigenvalue weighted by Gasteiger charge is 2.04. The van der Waals surface area contributed by atoms with E-state index < -0.39 is 6.04 Å². The van der Waals surface area contributed by atoms with Crippen LogP contribution < -0.4 is 5.32 Å². The monoisotopic (exact) mass is 189 g/mol. The molecule has 0 radical (unpaired) electrons. The zero-order chi connectivity index (χ0) is 9.40. The van der Waals surface area contributed by atoms with Crippen LogP contribution in [0.5, 0.6) is 0 Å². The Labute approximate surface area is 75.1 Å². The summed E-state index contributed by atoms with van der Waals surface area (Å²) in [5, 5.41) is 28.3. The van der Waals surface area contributed by atoms with Crippen molar-refractivity contribution in [3.8, 4) is 6.19 Å². The smallest absolute Gasteiger partial charge is 0.183 e. The Kier molecular flexibility index (Phi) is 6.47. The van der Waals surface area contributed by atoms with Gasteiger partial charge in [0.25, 0.3) is 0 Å². The van der Waals surface area contributed by atoms with Gasteiger partial charge >= 0.3 is 0 Å². The van der Waals surface area contributed by atoms with Gasteiger partial charge in [-0.15, -0.1) is 0 Å². The average Bonchev–Trinajstić information content (AvgIpc) is 2.12. The van der Waals surface area contributed by atoms with Gasteiger partial charge in [-0.3, -0.25) is 10.3 Å². The highest BCUT2D eigenvalue weighted by atomic mass is 32.2. The summed E-state index contributed by atoms with van der Waals surface area (Å²) in [6, 6.07) is -0.548. The number of thioether (sulfide) groups is 1. The highest BCUT2D eigenvalue weighted by molar-refractivity contribution is 8.13. The lowest BCUT2D eigenvalue weighted by atomic mass is 10.4. The average molecular weight is 189 g/mol. The van der Waals surface area contributed by atoms with Crippen molar-refractivity contribution in [2.24, 2.45) is 4.99 Å². The van der Waals surface area contributed by atoms with Crippen LogP contribution in [0.2, 0.25) is 0 Å². The van der Waals surface area contributed by atoms with Crippen molar-refractivity contribution in [3.63, 3.8) is 0 Å². The molecule has 0 saturated heterocycles. The first-order valence-electron chi connectivity index (χ1n) is 3.27. The molecular weight excluding hydrogens is 178 g/mol. The molecular formula is C6H11N3O2S. The van der Waals surface area contributed by atoms with Gasteiger partial charge in [0.05, 0.1) is 19.3 Å². The predicted octanol–water partition coefficient (Wildman–Crippen LogP) is -0.871. The second-order valence-corrected chi connectivity index (χ2v) is 2.69. The first-order valence-corrected chi connectivity index (χ1v) is 4.49. The number of hydrogen-bond acceptors (Lipinski definition) is 5. The van der Waals surface area contributed by atoms with E-state index in [0.29, 0.717) is 5.17 Å². The Hall–Kier alpha value is -0.770. The number of nitrogens with one attached hydrogen (secondary N) is 1. The summed E-state index contributed by atoms with van der Waals surface area (Å²) in [4.78, 5) is 3.87. The van der Waals surface area contributed by atoms with Crippen LogP contribution in [0.4, 0.5) is 0 Å². The lowest BCUT2D eigenvalue weighted by molar-refractivity contribution is 0.195. The summed E-state index contributed by atoms with van der Waals surface area (Å²) < 4.78 is 0. The second-order valence-electron chi connectivity index (χ2n) is 1.89. The fraction of sp³-hybridized carbons (Fsp3) is 0.667. The SMILES string of the molecule is CSC(=NC(CO)CO)NC#N. The number of hydrogen-bond donors (Lipinski definition) is 3. The molecule has 0 aromatic rings. The van der Waals surface area contributed by atoms with Crippen LogP contribution in [0, 0.1) is 11.5 Å². The van der Waals surface area contributed by atoms with E-state index in [1.807, 2.05) is 0 Å². The Morgan fingerprint density at radius 3 is 2.58 bits per heavy atom. The first kappa shape index (κ1) is 11.2. The molecule has 0 aliphatic carbocycles. The molecule has 0 atom stereocenters. The fourth-order valence-electron chi connectivity index (χ4n) is 0.489. The Bertz CT molecular complexity index is 186. The van der Waals surface area contributed by atoms with Crippen LogP contribution >= 0.6 is 11.8 Å². The van der Waals surface area contributed by atoms with Gasteiger partial charge in [-0.05, 0) is 6.26 Å². The van der Waals surface area contributed by atoms with Gasteiger partial charge in [0, 0.05) is 0 Å². The van der Waals surface area contributed by atoms with Gasteiger partial charge in [0.15, 0.2) is 11.4 Å². The van der Waals surface area contributed by atoms with E-state index in [1.54, 1.807) is 12.4 Å². The maximum atomic E-state index is 8.65. The molecule has 0 bridgehead atoms. The van der Waals surface area contributed by atoms with E-state index in [2.05, 4.69) is 10.3 Å². The van der Waals surface area contributed by atoms with Crippen molar-refractivity contribution in [3.05, 3.63) is 0 Å². The quantitative estimate of drug-likeness (QED) is 0.232. The van der Waals surface area contributed by atoms with Gasteiger partial charge in [-0.1, -0.05) is 11.8 Å². The molecule has 0 aromatic carbocycles. The van der Waals surface area contributed by atoms with E-state index in [1.165, 1.54) is 11.8 Å². The van der Waals surface area contributed by atoms with Crippen molar-refractivity contribution in [2.75, 3.05) is 19.5 Å². The molecule has 0 fully saturated rings. The Morgan fingerprint density at radius 2 is 2.25 bits per heavy atom. The maximum Gasteiger partial charge on any atom is 0.183 e. The molecule has 3 N–H and O–H groups in total. The molecule has 5 nitrogen and oxygen atoms in total. The van der Waals surface area contributed by atoms with Crippen LogP contribution in [0.25, 0.3) is 0 Å². The zero-order valence-corrected chi connectivity index (χ0v) is 7.51. The normalized spacial score (nSPS) is 11.4. The molecule has 68 valence electrons. The molecule has 0 amide bonds. The molecule has 0 saturated carbocycles. The highest BCUT2D eigenvalue weighted by Crippen LogP contribution is 1.98. The molecule has 0 aromatic heterocycles. The van der Waals surface area contributed by atoms with Gasteiger partial charge in [-0.2, -0.15) is 5.26 Å². The number of amidine groups is 1. The van der Waals surface area contributed by atoms with Crippen molar-refractivity contribution in [1.29, 1.82) is 5.26 Å². The molecule has 12 heavy (non-hydrogen) atoms. The summed E-state index contributed by atoms with van der Waals surface area (Å²) in [7, 11) is 0. The van der Waals surface area contributed by atoms with Crippen molar-refractivity contribution < 1.29 is 10.2 Å². The Balaban J connectivity index is 4.15. The summed E-state index contributed by atoms with van der Waals surface area (Å²) in [5.41, 5.74) is 0. The molecule has 0 aliphatic rings. The maximum absolute atomic E-state index is 8.65. The number of nitrogens with zero attached hydrogens (tertiary/aromatic N) is 2. The Morgan fingerprint density at radius 1 is 1.67 bits per heavy atom. The standard InChI is InChI=1S/C6H11N3O2S/c1-12-6(8-4-7)9-5(2-10)3-11/h5,10-11H,2-3H2,1H3,(H,8,9). The second kappa shape index (κ2) is 6.91. The lowest BCUT2D eigenvalue weighted by Crippen LogP contribution is -2.22. The molecule has 0 heterocycles. The third kappa shape index (κ3) is 4.18. The van der Waals surface area contributed by atoms with E-state index in [4.69, 9.17) is 15.5 Å². The fourth-order valence-corrected chi connectivity index (χ4v) is 0.891. The summed E-state index contributed by atoms with van der Waals surface area (Å²) in [6.45, 7) is -0.457. The van der Waals surface area contributed by atoms with E-state index in [0.717, 1.165) is 0 Å². The van der Waals surface area contributed by atoms with Crippen LogP contribution in [0.15, 0.2) is 4.99 Å². The molecule has 0 aliphatic heterocycles. The van der Waals surface area contributed by atoms with Gasteiger partial charge in [-0.25, -0.2) is 0 Å². The van der Waals surface area contributed by atoms with Crippen molar-refractivity contribution >= 4 is 16.9 Å². The first-order chi connectivity index (χ1) is 5.78. The number of nitriles is 1. The minimum Gasteiger partial charge on any atom is -0.394 e. The summed E-state index contributed by atoms with van der Waals surface area (Å²) >= 11 is 1.25. The summed E-state index contributed by atoms with van der Waals surface area (Å²) in [5.74, 6) is 0. The summed E-state index contributed by atoms with van der Waals surface area (Å²) in [6.07, 6.45) is 3.45. The van der Waals surface area contributed by atoms with Crippen molar-refractivity contribution in [1.82, 2.24) is 5.32 Å². The predicted molar refractivity (Wildman–Crippen MR) is 47.7 cm³/mol. The number of rotatable bonds is 3. The lowest BCUT2D eigenvalue weighted by Gasteiger charge is -2.06. The van der Waals surface area contributed by atoms with Crippen LogP contribution in [0.1, 0.15) is 0 Å². The number of aliphatic hydroxyl groups is 2. The minimum atomic E-state index is -0.548. The topological polar surface area (TPSA) is 88.6 Å². The van der Waals surface area contributed by atoms with Crippen LogP contribution in [0.3, 0.4) is 0 Å². The third-order valence-corrected chi connectivity index (χ3v) is 1.67. The van der Waals surface area contributed by atoms with E-state index in [9.17, 15) is 0 Å². The van der Waals surface area contributed by atoms with E-state index in [-0.39, 0.29) is 13.2 Å². The third-order valence-electron chi connectivity index (χ3n) is 1.08. The van der Waals surface area contributed by atoms with Crippen LogP contribution in [-0.2, 0) is 0 Å².